The number of methoxy groups -OCH3 is 1. The molecule has 0 spiro atoms. The van der Waals surface area contributed by atoms with Gasteiger partial charge in [0.25, 0.3) is 5.91 Å². The van der Waals surface area contributed by atoms with Crippen LogP contribution in [0.5, 0.6) is 0 Å². The van der Waals surface area contributed by atoms with Gasteiger partial charge in [-0.25, -0.2) is 13.8 Å². The molecule has 32 heavy (non-hydrogen) atoms. The largest absolute Gasteiger partial charge is 0.370 e. The molecule has 0 bridgehead atoms. The van der Waals surface area contributed by atoms with E-state index in [1.54, 1.807) is 25.4 Å². The third-order valence-electron chi connectivity index (χ3n) is 5.69. The summed E-state index contributed by atoms with van der Waals surface area (Å²) < 4.78 is 33.9. The minimum absolute atomic E-state index is 0.307. The van der Waals surface area contributed by atoms with E-state index < -0.39 is 11.9 Å². The van der Waals surface area contributed by atoms with Crippen LogP contribution in [0.1, 0.15) is 59.7 Å². The number of carbonyl (C=O) groups is 1. The van der Waals surface area contributed by atoms with Crippen LogP contribution in [-0.4, -0.2) is 22.6 Å². The predicted molar refractivity (Wildman–Crippen MR) is 119 cm³/mol. The average Bonchev–Trinajstić information content (AvgIpc) is 3.26. The molecular weight excluding hydrogens is 410 g/mol. The SMILES string of the molecule is CCC1=CC=C(c2nc(C(OC)c3ccc(F)cc3)cn2C(=O)c2ccc(F)cc2)CC1. The zero-order valence-corrected chi connectivity index (χ0v) is 18.0. The van der Waals surface area contributed by atoms with Crippen molar-refractivity contribution in [2.75, 3.05) is 7.11 Å². The molecule has 1 aliphatic rings. The lowest BCUT2D eigenvalue weighted by molar-refractivity contribution is 0.0958. The van der Waals surface area contributed by atoms with Crippen molar-refractivity contribution in [3.8, 4) is 0 Å². The van der Waals surface area contributed by atoms with Gasteiger partial charge in [-0.3, -0.25) is 9.36 Å². The van der Waals surface area contributed by atoms with E-state index in [-0.39, 0.29) is 11.7 Å². The lowest BCUT2D eigenvalue weighted by Gasteiger charge is -2.14. The number of carbonyl (C=O) groups excluding carboxylic acids is 1. The van der Waals surface area contributed by atoms with Crippen LogP contribution < -0.4 is 0 Å². The maximum absolute atomic E-state index is 13.4. The highest BCUT2D eigenvalue weighted by Gasteiger charge is 2.24. The van der Waals surface area contributed by atoms with Crippen LogP contribution in [0.25, 0.3) is 5.57 Å². The molecule has 1 heterocycles. The number of aromatic nitrogens is 2. The summed E-state index contributed by atoms with van der Waals surface area (Å²) in [4.78, 5) is 18.1. The summed E-state index contributed by atoms with van der Waals surface area (Å²) in [7, 11) is 1.55. The fourth-order valence-corrected chi connectivity index (χ4v) is 3.86. The Labute approximate surface area is 185 Å². The zero-order chi connectivity index (χ0) is 22.7. The van der Waals surface area contributed by atoms with Crippen LogP contribution in [0.2, 0.25) is 0 Å². The summed E-state index contributed by atoms with van der Waals surface area (Å²) in [6, 6.07) is 11.4. The molecule has 0 N–H and O–H groups in total. The Hall–Kier alpha value is -3.38. The van der Waals surface area contributed by atoms with Gasteiger partial charge in [-0.2, -0.15) is 0 Å². The molecule has 0 radical (unpaired) electrons. The molecule has 1 atom stereocenters. The Morgan fingerprint density at radius 3 is 2.25 bits per heavy atom. The van der Waals surface area contributed by atoms with Crippen LogP contribution >= 0.6 is 0 Å². The fraction of sp³-hybridized carbons (Fsp3) is 0.231. The van der Waals surface area contributed by atoms with E-state index in [1.165, 1.54) is 46.5 Å². The Kier molecular flexibility index (Phi) is 6.42. The second-order valence-corrected chi connectivity index (χ2v) is 7.71. The van der Waals surface area contributed by atoms with Crippen molar-refractivity contribution in [1.29, 1.82) is 0 Å². The molecule has 4 nitrogen and oxygen atoms in total. The van der Waals surface area contributed by atoms with Crippen molar-refractivity contribution < 1.29 is 18.3 Å². The minimum Gasteiger partial charge on any atom is -0.370 e. The number of hydrogen-bond donors (Lipinski definition) is 0. The van der Waals surface area contributed by atoms with Crippen LogP contribution in [-0.2, 0) is 4.74 Å². The molecule has 6 heteroatoms. The molecule has 1 unspecified atom stereocenters. The third kappa shape index (κ3) is 4.46. The topological polar surface area (TPSA) is 44.1 Å². The fourth-order valence-electron chi connectivity index (χ4n) is 3.86. The van der Waals surface area contributed by atoms with Crippen molar-refractivity contribution in [3.63, 3.8) is 0 Å². The molecule has 164 valence electrons. The maximum Gasteiger partial charge on any atom is 0.263 e. The van der Waals surface area contributed by atoms with Gasteiger partial charge in [-0.05, 0) is 66.8 Å². The van der Waals surface area contributed by atoms with Crippen LogP contribution in [0.3, 0.4) is 0 Å². The van der Waals surface area contributed by atoms with Gasteiger partial charge < -0.3 is 4.74 Å². The Morgan fingerprint density at radius 2 is 1.69 bits per heavy atom. The van der Waals surface area contributed by atoms with Crippen LogP contribution in [0.15, 0.2) is 72.5 Å². The molecule has 0 saturated carbocycles. The van der Waals surface area contributed by atoms with Crippen LogP contribution in [0, 0.1) is 11.6 Å². The lowest BCUT2D eigenvalue weighted by atomic mass is 9.96. The summed E-state index contributed by atoms with van der Waals surface area (Å²) in [6.45, 7) is 2.12. The molecule has 2 aromatic carbocycles. The monoisotopic (exact) mass is 434 g/mol. The van der Waals surface area contributed by atoms with Gasteiger partial charge in [0.15, 0.2) is 0 Å². The van der Waals surface area contributed by atoms with E-state index in [2.05, 4.69) is 13.0 Å². The second kappa shape index (κ2) is 9.40. The molecule has 3 aromatic rings. The van der Waals surface area contributed by atoms with Gasteiger partial charge >= 0.3 is 0 Å². The van der Waals surface area contributed by atoms with Gasteiger partial charge in [-0.15, -0.1) is 0 Å². The number of rotatable bonds is 6. The van der Waals surface area contributed by atoms with Crippen molar-refractivity contribution in [1.82, 2.24) is 9.55 Å². The summed E-state index contributed by atoms with van der Waals surface area (Å²) in [5.41, 5.74) is 3.91. The Balaban J connectivity index is 1.80. The van der Waals surface area contributed by atoms with E-state index in [0.29, 0.717) is 17.1 Å². The lowest BCUT2D eigenvalue weighted by Crippen LogP contribution is -2.15. The number of hydrogen-bond acceptors (Lipinski definition) is 3. The zero-order valence-electron chi connectivity index (χ0n) is 18.0. The van der Waals surface area contributed by atoms with E-state index in [1.807, 2.05) is 6.08 Å². The van der Waals surface area contributed by atoms with Gasteiger partial charge in [0, 0.05) is 18.9 Å². The van der Waals surface area contributed by atoms with Crippen molar-refractivity contribution >= 4 is 11.5 Å². The van der Waals surface area contributed by atoms with E-state index in [0.717, 1.165) is 30.4 Å². The van der Waals surface area contributed by atoms with Gasteiger partial charge in [-0.1, -0.05) is 36.8 Å². The molecule has 0 saturated heterocycles. The number of imidazole rings is 1. The third-order valence-corrected chi connectivity index (χ3v) is 5.69. The van der Waals surface area contributed by atoms with Gasteiger partial charge in [0.05, 0.1) is 5.69 Å². The quantitative estimate of drug-likeness (QED) is 0.471. The summed E-state index contributed by atoms with van der Waals surface area (Å²) >= 11 is 0. The Bertz CT molecular complexity index is 1180. The number of allylic oxidation sites excluding steroid dienone is 4. The predicted octanol–water partition coefficient (Wildman–Crippen LogP) is 6.10. The first kappa shape index (κ1) is 21.8. The Morgan fingerprint density at radius 1 is 1.03 bits per heavy atom. The highest BCUT2D eigenvalue weighted by atomic mass is 19.1. The number of benzene rings is 2. The number of halogens is 2. The molecule has 0 amide bonds. The molecule has 4 rings (SSSR count). The minimum atomic E-state index is -0.567. The van der Waals surface area contributed by atoms with E-state index >= 15 is 0 Å². The maximum atomic E-state index is 13.4. The number of ether oxygens (including phenoxy) is 1. The van der Waals surface area contributed by atoms with Crippen molar-refractivity contribution in [3.05, 3.63) is 107 Å². The first-order valence-electron chi connectivity index (χ1n) is 10.6. The summed E-state index contributed by atoms with van der Waals surface area (Å²) in [6.07, 6.45) is 7.81. The van der Waals surface area contributed by atoms with Gasteiger partial charge in [0.1, 0.15) is 23.6 Å². The highest BCUT2D eigenvalue weighted by molar-refractivity contribution is 5.97. The first-order chi connectivity index (χ1) is 15.5. The summed E-state index contributed by atoms with van der Waals surface area (Å²) in [5.74, 6) is -0.521. The smallest absolute Gasteiger partial charge is 0.263 e. The normalized spacial score (nSPS) is 14.6. The second-order valence-electron chi connectivity index (χ2n) is 7.71. The van der Waals surface area contributed by atoms with Gasteiger partial charge in [0.2, 0.25) is 0 Å². The molecule has 1 aromatic heterocycles. The average molecular weight is 434 g/mol. The van der Waals surface area contributed by atoms with E-state index in [9.17, 15) is 13.6 Å². The molecule has 1 aliphatic carbocycles. The summed E-state index contributed by atoms with van der Waals surface area (Å²) in [5, 5.41) is 0. The van der Waals surface area contributed by atoms with Crippen LogP contribution in [0.4, 0.5) is 8.78 Å². The molecule has 0 fully saturated rings. The molecular formula is C26H24F2N2O2. The number of nitrogens with zero attached hydrogens (tertiary/aromatic N) is 2. The first-order valence-corrected chi connectivity index (χ1v) is 10.6. The van der Waals surface area contributed by atoms with E-state index in [4.69, 9.17) is 9.72 Å². The van der Waals surface area contributed by atoms with Crippen molar-refractivity contribution in [2.45, 2.75) is 32.3 Å². The standard InChI is InChI=1S/C26H24F2N2O2/c1-3-17-4-6-19(7-5-17)25-29-23(24(32-2)18-8-12-21(27)13-9-18)16-30(25)26(31)20-10-14-22(28)15-11-20/h4,6,8-16,24H,3,5,7H2,1-2H3. The molecule has 0 aliphatic heterocycles. The van der Waals surface area contributed by atoms with Crippen molar-refractivity contribution in [2.24, 2.45) is 0 Å². The highest BCUT2D eigenvalue weighted by Crippen LogP contribution is 2.31.